The third-order valence-corrected chi connectivity index (χ3v) is 13.2. The second kappa shape index (κ2) is 24.3. The molecule has 2 fully saturated rings. The predicted octanol–water partition coefficient (Wildman–Crippen LogP) is 12.6. The van der Waals surface area contributed by atoms with E-state index < -0.39 is 23.5 Å². The maximum atomic E-state index is 13.7. The number of anilines is 5. The van der Waals surface area contributed by atoms with Crippen LogP contribution in [0.1, 0.15) is 48.2 Å². The van der Waals surface area contributed by atoms with E-state index >= 15 is 0 Å². The van der Waals surface area contributed by atoms with Crippen molar-refractivity contribution in [2.45, 2.75) is 51.9 Å². The first kappa shape index (κ1) is 53.8. The minimum absolute atomic E-state index is 0.0169. The van der Waals surface area contributed by atoms with Crippen molar-refractivity contribution in [1.29, 1.82) is 0 Å². The van der Waals surface area contributed by atoms with Gasteiger partial charge in [0.15, 0.2) is 0 Å². The summed E-state index contributed by atoms with van der Waals surface area (Å²) in [6.07, 6.45) is -6.20. The Kier molecular flexibility index (Phi) is 17.4. The van der Waals surface area contributed by atoms with Gasteiger partial charge in [-0.25, -0.2) is 0 Å². The van der Waals surface area contributed by atoms with E-state index in [-0.39, 0.29) is 59.8 Å². The van der Waals surface area contributed by atoms with E-state index in [2.05, 4.69) is 35.7 Å². The van der Waals surface area contributed by atoms with E-state index in [0.29, 0.717) is 50.4 Å². The van der Waals surface area contributed by atoms with Gasteiger partial charge in [-0.2, -0.15) is 26.3 Å². The highest BCUT2D eigenvalue weighted by atomic mass is 19.4. The van der Waals surface area contributed by atoms with E-state index in [1.165, 1.54) is 7.11 Å². The second-order valence-electron chi connectivity index (χ2n) is 18.7. The molecular weight excluding hydrogens is 977 g/mol. The summed E-state index contributed by atoms with van der Waals surface area (Å²) in [6, 6.07) is 35.3. The fourth-order valence-corrected chi connectivity index (χ4v) is 9.30. The zero-order chi connectivity index (χ0) is 53.1. The molecule has 0 aliphatic carbocycles. The lowest BCUT2D eigenvalue weighted by molar-refractivity contribution is -0.147. The molecule has 2 aromatic heterocycles. The van der Waals surface area contributed by atoms with E-state index in [1.54, 1.807) is 18.2 Å². The minimum atomic E-state index is -4.52. The zero-order valence-electron chi connectivity index (χ0n) is 41.9. The number of amides is 1. The van der Waals surface area contributed by atoms with Crippen molar-refractivity contribution in [3.05, 3.63) is 150 Å². The number of carbonyl (C=O) groups excluding carboxylic acids is 2. The van der Waals surface area contributed by atoms with Crippen molar-refractivity contribution >= 4 is 62.1 Å². The summed E-state index contributed by atoms with van der Waals surface area (Å²) < 4.78 is 98.4. The molecule has 75 heavy (non-hydrogen) atoms. The number of nitrogens with zero attached hydrogens (tertiary/aromatic N) is 4. The van der Waals surface area contributed by atoms with Crippen molar-refractivity contribution in [3.8, 4) is 11.5 Å². The van der Waals surface area contributed by atoms with E-state index in [1.807, 2.05) is 98.8 Å². The molecule has 0 spiro atoms. The number of aryl methyl sites for hydroxylation is 2. The normalized spacial score (nSPS) is 14.9. The fourth-order valence-electron chi connectivity index (χ4n) is 9.30. The van der Waals surface area contributed by atoms with Gasteiger partial charge in [0.1, 0.15) is 24.7 Å². The van der Waals surface area contributed by atoms with E-state index in [4.69, 9.17) is 14.2 Å². The number of piperidine rings is 2. The number of ether oxygens (including phenoxy) is 3. The molecule has 4 heterocycles. The van der Waals surface area contributed by atoms with Gasteiger partial charge in [0, 0.05) is 81.7 Å². The number of nitrogens with one attached hydrogen (secondary N) is 3. The van der Waals surface area contributed by atoms with Gasteiger partial charge in [-0.05, 0) is 126 Å². The molecule has 2 aliphatic heterocycles. The standard InChI is InChI=1S/C31H31F3N4O2.C26H28F3N3O3/c1-21-17-29(27-9-5-6-10-28(27)35-21)36-25-18-23(31(32,33)34)19-26(20-25)40-16-15-38-13-11-22(12-14-38)30(39)37-24-7-3-2-4-8-24;1-17-13-24(22-5-3-4-6-23(22)30-17)31-20-14-19(26(27,28)29)15-21(16-20)35-12-11-32-9-7-18(8-10-32)25(33)34-2/h2-10,17-20,22H,11-16H2,1H3,(H,35,36)(H,37,39);3-6,13-16,18H,7-12H2,1-2H3,(H,30,31). The average molecular weight is 1040 g/mol. The molecule has 0 unspecified atom stereocenters. The van der Waals surface area contributed by atoms with Gasteiger partial charge in [0.2, 0.25) is 5.91 Å². The molecule has 0 atom stereocenters. The van der Waals surface area contributed by atoms with Crippen LogP contribution in [-0.4, -0.2) is 91.2 Å². The summed E-state index contributed by atoms with van der Waals surface area (Å²) in [4.78, 5) is 37.5. The predicted molar refractivity (Wildman–Crippen MR) is 279 cm³/mol. The Labute approximate surface area is 431 Å². The molecule has 0 radical (unpaired) electrons. The third-order valence-electron chi connectivity index (χ3n) is 13.2. The molecule has 0 bridgehead atoms. The molecule has 0 saturated carbocycles. The molecule has 2 aliphatic rings. The summed E-state index contributed by atoms with van der Waals surface area (Å²) in [5.74, 6) is -0.0544. The van der Waals surface area contributed by atoms with Crippen molar-refractivity contribution in [2.75, 3.05) is 75.5 Å². The number of methoxy groups -OCH3 is 1. The lowest BCUT2D eigenvalue weighted by Gasteiger charge is -2.31. The Morgan fingerprint density at radius 1 is 0.560 bits per heavy atom. The Balaban J connectivity index is 0.000000201. The lowest BCUT2D eigenvalue weighted by Crippen LogP contribution is -2.39. The van der Waals surface area contributed by atoms with E-state index in [9.17, 15) is 35.9 Å². The van der Waals surface area contributed by atoms with Gasteiger partial charge in [0.25, 0.3) is 0 Å². The molecule has 1 amide bonds. The first-order valence-electron chi connectivity index (χ1n) is 24.8. The number of halogens is 6. The van der Waals surface area contributed by atoms with Crippen LogP contribution < -0.4 is 25.4 Å². The van der Waals surface area contributed by atoms with Crippen LogP contribution in [-0.2, 0) is 26.7 Å². The highest BCUT2D eigenvalue weighted by Gasteiger charge is 2.33. The van der Waals surface area contributed by atoms with Gasteiger partial charge in [0.05, 0.1) is 35.2 Å². The average Bonchev–Trinajstić information content (AvgIpc) is 3.38. The molecular formula is C57H59F6N7O5. The van der Waals surface area contributed by atoms with Crippen LogP contribution in [0.3, 0.4) is 0 Å². The molecule has 5 aromatic carbocycles. The van der Waals surface area contributed by atoms with Crippen molar-refractivity contribution in [1.82, 2.24) is 19.8 Å². The molecule has 12 nitrogen and oxygen atoms in total. The molecule has 2 saturated heterocycles. The Morgan fingerprint density at radius 3 is 1.43 bits per heavy atom. The second-order valence-corrected chi connectivity index (χ2v) is 18.7. The largest absolute Gasteiger partial charge is 0.492 e. The Bertz CT molecular complexity index is 3070. The van der Waals surface area contributed by atoms with Crippen molar-refractivity contribution < 1.29 is 50.1 Å². The number of para-hydroxylation sites is 3. The number of aromatic nitrogens is 2. The number of fused-ring (bicyclic) bond motifs is 2. The van der Waals surface area contributed by atoms with Gasteiger partial charge >= 0.3 is 18.3 Å². The number of rotatable bonds is 15. The highest BCUT2D eigenvalue weighted by Crippen LogP contribution is 2.38. The zero-order valence-corrected chi connectivity index (χ0v) is 41.9. The van der Waals surface area contributed by atoms with Crippen LogP contribution in [0.15, 0.2) is 127 Å². The summed E-state index contributed by atoms with van der Waals surface area (Å²) in [5.41, 5.74) is 4.15. The minimum Gasteiger partial charge on any atom is -0.492 e. The number of hydrogen-bond donors (Lipinski definition) is 3. The van der Waals surface area contributed by atoms with Crippen LogP contribution in [0.4, 0.5) is 54.8 Å². The topological polar surface area (TPSA) is 130 Å². The lowest BCUT2D eigenvalue weighted by atomic mass is 9.96. The van der Waals surface area contributed by atoms with Gasteiger partial charge in [-0.1, -0.05) is 54.6 Å². The quantitative estimate of drug-likeness (QED) is 0.0670. The van der Waals surface area contributed by atoms with E-state index in [0.717, 1.165) is 89.1 Å². The van der Waals surface area contributed by atoms with Crippen LogP contribution in [0, 0.1) is 25.7 Å². The number of alkyl halides is 6. The maximum absolute atomic E-state index is 13.7. The van der Waals surface area contributed by atoms with Crippen LogP contribution in [0.5, 0.6) is 11.5 Å². The number of hydrogen-bond acceptors (Lipinski definition) is 11. The molecule has 18 heteroatoms. The van der Waals surface area contributed by atoms with Crippen molar-refractivity contribution in [2.24, 2.45) is 11.8 Å². The van der Waals surface area contributed by atoms with Gasteiger partial charge in [-0.3, -0.25) is 29.4 Å². The smallest absolute Gasteiger partial charge is 0.416 e. The Hall–Kier alpha value is -7.44. The molecule has 7 aromatic rings. The summed E-state index contributed by atoms with van der Waals surface area (Å²) in [5, 5.41) is 10.9. The Morgan fingerprint density at radius 2 is 0.987 bits per heavy atom. The monoisotopic (exact) mass is 1040 g/mol. The van der Waals surface area contributed by atoms with Crippen LogP contribution in [0.25, 0.3) is 21.8 Å². The SMILES string of the molecule is COC(=O)C1CCN(CCOc2cc(Nc3cc(C)nc4ccccc34)cc(C(F)(F)F)c2)CC1.Cc1cc(Nc2cc(OCCN3CCC(C(=O)Nc4ccccc4)CC3)cc(C(F)(F)F)c2)c2ccccc2n1. The van der Waals surface area contributed by atoms with Crippen LogP contribution >= 0.6 is 0 Å². The first-order chi connectivity index (χ1) is 36.0. The number of carbonyl (C=O) groups is 2. The van der Waals surface area contributed by atoms with Crippen molar-refractivity contribution in [3.63, 3.8) is 0 Å². The first-order valence-corrected chi connectivity index (χ1v) is 24.8. The summed E-state index contributed by atoms with van der Waals surface area (Å²) in [7, 11) is 1.39. The summed E-state index contributed by atoms with van der Waals surface area (Å²) in [6.45, 7) is 8.14. The van der Waals surface area contributed by atoms with Crippen LogP contribution in [0.2, 0.25) is 0 Å². The number of esters is 1. The third kappa shape index (κ3) is 14.9. The van der Waals surface area contributed by atoms with Gasteiger partial charge in [-0.15, -0.1) is 0 Å². The highest BCUT2D eigenvalue weighted by molar-refractivity contribution is 5.95. The molecule has 9 rings (SSSR count). The number of pyridine rings is 2. The molecule has 394 valence electrons. The van der Waals surface area contributed by atoms with Gasteiger partial charge < -0.3 is 30.2 Å². The molecule has 3 N–H and O–H groups in total. The summed E-state index contributed by atoms with van der Waals surface area (Å²) >= 11 is 0. The number of likely N-dealkylation sites (tertiary alicyclic amines) is 2. The fraction of sp³-hybridized carbons (Fsp3) is 0.333. The maximum Gasteiger partial charge on any atom is 0.416 e. The number of benzene rings is 5.